The minimum Gasteiger partial charge on any atom is -0.271 e. The summed E-state index contributed by atoms with van der Waals surface area (Å²) in [4.78, 5) is 23.6. The molecular formula is C18H19NO2. The number of amides is 2. The Bertz CT molecular complexity index is 558. The lowest BCUT2D eigenvalue weighted by Crippen LogP contribution is -2.29. The van der Waals surface area contributed by atoms with Crippen LogP contribution in [0.3, 0.4) is 0 Å². The lowest BCUT2D eigenvalue weighted by atomic mass is 10.1. The van der Waals surface area contributed by atoms with E-state index >= 15 is 0 Å². The molecule has 0 N–H and O–H groups in total. The van der Waals surface area contributed by atoms with Gasteiger partial charge in [-0.05, 0) is 36.7 Å². The zero-order chi connectivity index (χ0) is 14.7. The fraction of sp³-hybridized carbons (Fsp3) is 0.333. The first-order chi connectivity index (χ1) is 10.2. The quantitative estimate of drug-likeness (QED) is 0.617. The monoisotopic (exact) mass is 281 g/mol. The Morgan fingerprint density at radius 1 is 0.905 bits per heavy atom. The highest BCUT2D eigenvalue weighted by Gasteiger charge is 2.25. The molecule has 2 atom stereocenters. The number of carbonyl (C=O) groups excluding carboxylic acids is 2. The van der Waals surface area contributed by atoms with Gasteiger partial charge < -0.3 is 0 Å². The van der Waals surface area contributed by atoms with Crippen molar-refractivity contribution in [2.24, 2.45) is 11.8 Å². The standard InChI is InChI=1S/C11H9NO2.C7H10/c13-10-6-7-11(14)12(10)8-9-4-2-1-3-5-9;1-2-7-4-3-6(1)5-7/h1-7H,8H2;1-2,6-7H,3-5H2. The molecule has 0 spiro atoms. The molecule has 2 amide bonds. The van der Waals surface area contributed by atoms with E-state index in [1.165, 1.54) is 36.3 Å². The molecular weight excluding hydrogens is 262 g/mol. The van der Waals surface area contributed by atoms with Gasteiger partial charge in [-0.15, -0.1) is 0 Å². The number of hydrogen-bond donors (Lipinski definition) is 0. The molecule has 2 unspecified atom stereocenters. The van der Waals surface area contributed by atoms with Gasteiger partial charge in [-0.3, -0.25) is 14.5 Å². The Morgan fingerprint density at radius 2 is 1.48 bits per heavy atom. The highest BCUT2D eigenvalue weighted by atomic mass is 16.2. The van der Waals surface area contributed by atoms with E-state index in [9.17, 15) is 9.59 Å². The Labute approximate surface area is 125 Å². The van der Waals surface area contributed by atoms with E-state index in [0.717, 1.165) is 17.4 Å². The average molecular weight is 281 g/mol. The van der Waals surface area contributed by atoms with Crippen LogP contribution in [-0.2, 0) is 16.1 Å². The fourth-order valence-electron chi connectivity index (χ4n) is 3.07. The molecule has 4 rings (SSSR count). The van der Waals surface area contributed by atoms with Gasteiger partial charge in [-0.25, -0.2) is 0 Å². The molecule has 108 valence electrons. The van der Waals surface area contributed by atoms with Crippen LogP contribution in [0, 0.1) is 11.8 Å². The number of fused-ring (bicyclic) bond motifs is 2. The van der Waals surface area contributed by atoms with E-state index < -0.39 is 0 Å². The third-order valence-corrected chi connectivity index (χ3v) is 4.25. The highest BCUT2D eigenvalue weighted by molar-refractivity contribution is 6.12. The average Bonchev–Trinajstić information content (AvgIpc) is 3.23. The van der Waals surface area contributed by atoms with Crippen LogP contribution in [0.5, 0.6) is 0 Å². The van der Waals surface area contributed by atoms with Crippen molar-refractivity contribution in [3.05, 3.63) is 60.2 Å². The summed E-state index contributed by atoms with van der Waals surface area (Å²) < 4.78 is 0. The molecule has 1 aromatic rings. The molecule has 3 nitrogen and oxygen atoms in total. The summed E-state index contributed by atoms with van der Waals surface area (Å²) in [6, 6.07) is 9.44. The van der Waals surface area contributed by atoms with Gasteiger partial charge in [-0.1, -0.05) is 42.5 Å². The summed E-state index contributed by atoms with van der Waals surface area (Å²) in [5, 5.41) is 0. The molecule has 3 aliphatic rings. The summed E-state index contributed by atoms with van der Waals surface area (Å²) in [5.74, 6) is 1.51. The third-order valence-electron chi connectivity index (χ3n) is 4.25. The molecule has 0 saturated heterocycles. The predicted octanol–water partition coefficient (Wildman–Crippen LogP) is 3.08. The van der Waals surface area contributed by atoms with E-state index in [1.807, 2.05) is 30.3 Å². The number of benzene rings is 1. The number of allylic oxidation sites excluding steroid dienone is 2. The SMILES string of the molecule is C1=CC2CCC1C2.O=C1C=CC(=O)N1Cc1ccccc1. The van der Waals surface area contributed by atoms with Gasteiger partial charge in [0.15, 0.2) is 0 Å². The van der Waals surface area contributed by atoms with E-state index in [0.29, 0.717) is 6.54 Å². The van der Waals surface area contributed by atoms with Gasteiger partial charge in [0, 0.05) is 12.2 Å². The lowest BCUT2D eigenvalue weighted by Gasteiger charge is -2.13. The van der Waals surface area contributed by atoms with Gasteiger partial charge in [-0.2, -0.15) is 0 Å². The molecule has 0 aromatic heterocycles. The van der Waals surface area contributed by atoms with Crippen LogP contribution in [0.4, 0.5) is 0 Å². The van der Waals surface area contributed by atoms with E-state index in [1.54, 1.807) is 0 Å². The topological polar surface area (TPSA) is 37.4 Å². The molecule has 1 fully saturated rings. The second kappa shape index (κ2) is 6.08. The van der Waals surface area contributed by atoms with Crippen LogP contribution in [0.25, 0.3) is 0 Å². The third kappa shape index (κ3) is 3.30. The second-order valence-electron chi connectivity index (χ2n) is 5.80. The van der Waals surface area contributed by atoms with Crippen molar-refractivity contribution in [2.75, 3.05) is 0 Å². The molecule has 1 aromatic carbocycles. The van der Waals surface area contributed by atoms with Crippen LogP contribution < -0.4 is 0 Å². The minimum atomic E-state index is -0.237. The molecule has 21 heavy (non-hydrogen) atoms. The number of nitrogens with zero attached hydrogens (tertiary/aromatic N) is 1. The van der Waals surface area contributed by atoms with Crippen LogP contribution in [0.2, 0.25) is 0 Å². The molecule has 3 heteroatoms. The van der Waals surface area contributed by atoms with Gasteiger partial charge in [0.05, 0.1) is 6.54 Å². The van der Waals surface area contributed by atoms with Gasteiger partial charge >= 0.3 is 0 Å². The Morgan fingerprint density at radius 3 is 1.90 bits per heavy atom. The Kier molecular flexibility index (Phi) is 4.00. The fourth-order valence-corrected chi connectivity index (χ4v) is 3.07. The van der Waals surface area contributed by atoms with Crippen molar-refractivity contribution in [3.63, 3.8) is 0 Å². The Hall–Kier alpha value is -2.16. The second-order valence-corrected chi connectivity index (χ2v) is 5.80. The van der Waals surface area contributed by atoms with Crippen LogP contribution in [-0.4, -0.2) is 16.7 Å². The number of rotatable bonds is 2. The highest BCUT2D eigenvalue weighted by Crippen LogP contribution is 2.38. The van der Waals surface area contributed by atoms with E-state index in [4.69, 9.17) is 0 Å². The molecule has 2 aliphatic carbocycles. The zero-order valence-corrected chi connectivity index (χ0v) is 11.9. The molecule has 1 aliphatic heterocycles. The minimum absolute atomic E-state index is 0.237. The first-order valence-corrected chi connectivity index (χ1v) is 7.48. The van der Waals surface area contributed by atoms with Crippen molar-refractivity contribution in [2.45, 2.75) is 25.8 Å². The van der Waals surface area contributed by atoms with Gasteiger partial charge in [0.2, 0.25) is 0 Å². The summed E-state index contributed by atoms with van der Waals surface area (Å²) in [6.45, 7) is 0.353. The number of carbonyl (C=O) groups is 2. The maximum Gasteiger partial charge on any atom is 0.253 e. The molecule has 2 bridgehead atoms. The Balaban J connectivity index is 0.000000156. The normalized spacial score (nSPS) is 25.4. The van der Waals surface area contributed by atoms with Crippen LogP contribution in [0.1, 0.15) is 24.8 Å². The van der Waals surface area contributed by atoms with E-state index in [-0.39, 0.29) is 11.8 Å². The van der Waals surface area contributed by atoms with Crippen molar-refractivity contribution in [1.82, 2.24) is 4.90 Å². The van der Waals surface area contributed by atoms with Crippen molar-refractivity contribution in [1.29, 1.82) is 0 Å². The van der Waals surface area contributed by atoms with Crippen LogP contribution >= 0.6 is 0 Å². The summed E-state index contributed by atoms with van der Waals surface area (Å²) in [7, 11) is 0. The van der Waals surface area contributed by atoms with Crippen LogP contribution in [0.15, 0.2) is 54.6 Å². The number of hydrogen-bond acceptors (Lipinski definition) is 2. The van der Waals surface area contributed by atoms with E-state index in [2.05, 4.69) is 12.2 Å². The maximum atomic E-state index is 11.2. The predicted molar refractivity (Wildman–Crippen MR) is 81.1 cm³/mol. The molecule has 1 heterocycles. The van der Waals surface area contributed by atoms with Crippen molar-refractivity contribution >= 4 is 11.8 Å². The summed E-state index contributed by atoms with van der Waals surface area (Å²) >= 11 is 0. The lowest BCUT2D eigenvalue weighted by molar-refractivity contribution is -0.137. The summed E-state index contributed by atoms with van der Waals surface area (Å²) in [6.07, 6.45) is 11.8. The number of imide groups is 1. The van der Waals surface area contributed by atoms with Crippen molar-refractivity contribution < 1.29 is 9.59 Å². The zero-order valence-electron chi connectivity index (χ0n) is 11.9. The van der Waals surface area contributed by atoms with Crippen molar-refractivity contribution in [3.8, 4) is 0 Å². The van der Waals surface area contributed by atoms with Gasteiger partial charge in [0.1, 0.15) is 0 Å². The summed E-state index contributed by atoms with van der Waals surface area (Å²) in [5.41, 5.74) is 0.956. The molecule has 0 radical (unpaired) electrons. The first kappa shape index (κ1) is 13.8. The largest absolute Gasteiger partial charge is 0.271 e. The first-order valence-electron chi connectivity index (χ1n) is 7.48. The molecule has 1 saturated carbocycles. The van der Waals surface area contributed by atoms with Gasteiger partial charge in [0.25, 0.3) is 11.8 Å². The smallest absolute Gasteiger partial charge is 0.253 e. The maximum absolute atomic E-state index is 11.2.